The van der Waals surface area contributed by atoms with E-state index in [9.17, 15) is 9.90 Å². The van der Waals surface area contributed by atoms with Crippen LogP contribution in [0.4, 0.5) is 0 Å². The van der Waals surface area contributed by atoms with Crippen LogP contribution in [0.3, 0.4) is 0 Å². The zero-order valence-electron chi connectivity index (χ0n) is 15.6. The molecule has 1 atom stereocenters. The van der Waals surface area contributed by atoms with Crippen LogP contribution < -0.4 is 0 Å². The molecule has 2 aromatic rings. The quantitative estimate of drug-likeness (QED) is 0.718. The lowest BCUT2D eigenvalue weighted by molar-refractivity contribution is -0.163. The molecule has 27 heavy (non-hydrogen) atoms. The first-order valence-corrected chi connectivity index (χ1v) is 9.90. The maximum atomic E-state index is 12.9. The van der Waals surface area contributed by atoms with Crippen LogP contribution in [-0.2, 0) is 21.6 Å². The molecule has 2 aromatic carbocycles. The van der Waals surface area contributed by atoms with Gasteiger partial charge in [0.2, 0.25) is 0 Å². The van der Waals surface area contributed by atoms with E-state index < -0.39 is 5.60 Å². The van der Waals surface area contributed by atoms with E-state index in [1.54, 1.807) is 0 Å². The standard InChI is InChI=1S/C24H26O3/c25-22-17-24(16-19-11-7-8-12-19,20-13-5-2-6-14-20)27-23(26)21(22)15-18-9-3-1-4-10-18/h1-6,9-10,13-14,19,25H,7-8,11-12,15-17H2. The van der Waals surface area contributed by atoms with Crippen LogP contribution >= 0.6 is 0 Å². The number of carbonyl (C=O) groups excluding carboxylic acids is 1. The number of aliphatic hydroxyl groups is 1. The van der Waals surface area contributed by atoms with Gasteiger partial charge in [-0.15, -0.1) is 0 Å². The van der Waals surface area contributed by atoms with Crippen LogP contribution in [0, 0.1) is 5.92 Å². The van der Waals surface area contributed by atoms with Gasteiger partial charge in [-0.05, 0) is 23.5 Å². The molecule has 1 heterocycles. The van der Waals surface area contributed by atoms with Crippen molar-refractivity contribution in [3.8, 4) is 0 Å². The molecular formula is C24H26O3. The Morgan fingerprint density at radius 2 is 1.59 bits per heavy atom. The SMILES string of the molecule is O=C1OC(CC2CCCC2)(c2ccccc2)CC(O)=C1Cc1ccccc1. The van der Waals surface area contributed by atoms with Gasteiger partial charge in [-0.2, -0.15) is 0 Å². The summed E-state index contributed by atoms with van der Waals surface area (Å²) in [5.74, 6) is 0.336. The van der Waals surface area contributed by atoms with Gasteiger partial charge in [-0.1, -0.05) is 86.3 Å². The third-order valence-corrected chi connectivity index (χ3v) is 5.95. The van der Waals surface area contributed by atoms with Crippen LogP contribution in [0.1, 0.15) is 49.7 Å². The number of carbonyl (C=O) groups is 1. The second-order valence-corrected chi connectivity index (χ2v) is 7.87. The Bertz CT molecular complexity index is 819. The Morgan fingerprint density at radius 1 is 0.963 bits per heavy atom. The molecule has 3 heteroatoms. The third kappa shape index (κ3) is 3.78. The zero-order chi connectivity index (χ0) is 18.7. The molecule has 0 aromatic heterocycles. The molecule has 1 saturated carbocycles. The van der Waals surface area contributed by atoms with Crippen molar-refractivity contribution in [3.63, 3.8) is 0 Å². The van der Waals surface area contributed by atoms with Crippen molar-refractivity contribution in [2.45, 2.75) is 50.5 Å². The van der Waals surface area contributed by atoms with Crippen LogP contribution in [0.5, 0.6) is 0 Å². The summed E-state index contributed by atoms with van der Waals surface area (Å²) >= 11 is 0. The topological polar surface area (TPSA) is 46.5 Å². The number of hydrogen-bond donors (Lipinski definition) is 1. The minimum absolute atomic E-state index is 0.178. The van der Waals surface area contributed by atoms with E-state index in [2.05, 4.69) is 0 Å². The lowest BCUT2D eigenvalue weighted by atomic mass is 9.78. The summed E-state index contributed by atoms with van der Waals surface area (Å²) in [5, 5.41) is 10.9. The van der Waals surface area contributed by atoms with E-state index in [1.165, 1.54) is 25.7 Å². The normalized spacial score (nSPS) is 23.5. The fourth-order valence-corrected chi connectivity index (χ4v) is 4.56. The van der Waals surface area contributed by atoms with Gasteiger partial charge in [0.25, 0.3) is 0 Å². The Morgan fingerprint density at radius 3 is 2.22 bits per heavy atom. The van der Waals surface area contributed by atoms with Gasteiger partial charge in [0.05, 0.1) is 5.57 Å². The van der Waals surface area contributed by atoms with Gasteiger partial charge in [-0.25, -0.2) is 4.79 Å². The lowest BCUT2D eigenvalue weighted by Gasteiger charge is -2.39. The fraction of sp³-hybridized carbons (Fsp3) is 0.375. The highest BCUT2D eigenvalue weighted by Crippen LogP contribution is 2.45. The van der Waals surface area contributed by atoms with Crippen molar-refractivity contribution in [1.29, 1.82) is 0 Å². The number of cyclic esters (lactones) is 1. The van der Waals surface area contributed by atoms with Gasteiger partial charge in [0.1, 0.15) is 11.4 Å². The van der Waals surface area contributed by atoms with E-state index in [0.717, 1.165) is 17.5 Å². The predicted octanol–water partition coefficient (Wildman–Crippen LogP) is 5.46. The summed E-state index contributed by atoms with van der Waals surface area (Å²) in [4.78, 5) is 12.9. The number of aliphatic hydroxyl groups excluding tert-OH is 1. The van der Waals surface area contributed by atoms with Crippen molar-refractivity contribution in [2.24, 2.45) is 5.92 Å². The highest BCUT2D eigenvalue weighted by Gasteiger charge is 2.45. The van der Waals surface area contributed by atoms with Crippen molar-refractivity contribution in [3.05, 3.63) is 83.1 Å². The highest BCUT2D eigenvalue weighted by molar-refractivity contribution is 5.91. The maximum absolute atomic E-state index is 12.9. The van der Waals surface area contributed by atoms with Crippen molar-refractivity contribution in [1.82, 2.24) is 0 Å². The number of hydrogen-bond acceptors (Lipinski definition) is 3. The average molecular weight is 362 g/mol. The van der Waals surface area contributed by atoms with Crippen LogP contribution in [0.25, 0.3) is 0 Å². The predicted molar refractivity (Wildman–Crippen MR) is 105 cm³/mol. The first-order valence-electron chi connectivity index (χ1n) is 9.90. The van der Waals surface area contributed by atoms with E-state index in [-0.39, 0.29) is 11.7 Å². The van der Waals surface area contributed by atoms with Crippen molar-refractivity contribution >= 4 is 5.97 Å². The van der Waals surface area contributed by atoms with Gasteiger partial charge in [0, 0.05) is 12.8 Å². The summed E-state index contributed by atoms with van der Waals surface area (Å²) < 4.78 is 6.12. The van der Waals surface area contributed by atoms with Crippen molar-refractivity contribution in [2.75, 3.05) is 0 Å². The molecule has 4 rings (SSSR count). The van der Waals surface area contributed by atoms with Gasteiger partial charge < -0.3 is 9.84 Å². The molecule has 0 spiro atoms. The number of benzene rings is 2. The van der Waals surface area contributed by atoms with Crippen LogP contribution in [0.15, 0.2) is 72.0 Å². The van der Waals surface area contributed by atoms with Crippen LogP contribution in [0.2, 0.25) is 0 Å². The van der Waals surface area contributed by atoms with E-state index in [4.69, 9.17) is 4.74 Å². The molecule has 1 fully saturated rings. The molecule has 2 aliphatic rings. The molecular weight excluding hydrogens is 336 g/mol. The Labute approximate surface area is 160 Å². The minimum Gasteiger partial charge on any atom is -0.512 e. The molecule has 3 nitrogen and oxygen atoms in total. The summed E-state index contributed by atoms with van der Waals surface area (Å²) in [7, 11) is 0. The van der Waals surface area contributed by atoms with E-state index >= 15 is 0 Å². The Balaban J connectivity index is 1.66. The fourth-order valence-electron chi connectivity index (χ4n) is 4.56. The molecule has 0 radical (unpaired) electrons. The summed E-state index contributed by atoms with van der Waals surface area (Å²) in [6.07, 6.45) is 6.38. The smallest absolute Gasteiger partial charge is 0.338 e. The molecule has 0 saturated heterocycles. The van der Waals surface area contributed by atoms with Crippen LogP contribution in [-0.4, -0.2) is 11.1 Å². The van der Waals surface area contributed by atoms with E-state index in [1.807, 2.05) is 60.7 Å². The minimum atomic E-state index is -0.752. The third-order valence-electron chi connectivity index (χ3n) is 5.95. The average Bonchev–Trinajstić information content (AvgIpc) is 3.19. The Kier molecular flexibility index (Phi) is 5.02. The highest BCUT2D eigenvalue weighted by atomic mass is 16.6. The number of rotatable bonds is 5. The maximum Gasteiger partial charge on any atom is 0.338 e. The van der Waals surface area contributed by atoms with Gasteiger partial charge in [0.15, 0.2) is 0 Å². The summed E-state index contributed by atoms with van der Waals surface area (Å²) in [6.45, 7) is 0. The zero-order valence-corrected chi connectivity index (χ0v) is 15.6. The summed E-state index contributed by atoms with van der Waals surface area (Å²) in [6, 6.07) is 19.7. The molecule has 0 amide bonds. The molecule has 1 aliphatic heterocycles. The summed E-state index contributed by atoms with van der Waals surface area (Å²) in [5.41, 5.74) is 1.62. The largest absolute Gasteiger partial charge is 0.512 e. The van der Waals surface area contributed by atoms with Crippen molar-refractivity contribution < 1.29 is 14.6 Å². The number of ether oxygens (including phenoxy) is 1. The monoisotopic (exact) mass is 362 g/mol. The second-order valence-electron chi connectivity index (χ2n) is 7.87. The number of esters is 1. The molecule has 1 unspecified atom stereocenters. The molecule has 1 N–H and O–H groups in total. The molecule has 1 aliphatic carbocycles. The Hall–Kier alpha value is -2.55. The first-order chi connectivity index (χ1) is 13.2. The first kappa shape index (κ1) is 17.8. The van der Waals surface area contributed by atoms with Gasteiger partial charge >= 0.3 is 5.97 Å². The second kappa shape index (κ2) is 7.59. The van der Waals surface area contributed by atoms with Gasteiger partial charge in [-0.3, -0.25) is 0 Å². The lowest BCUT2D eigenvalue weighted by Crippen LogP contribution is -2.39. The van der Waals surface area contributed by atoms with E-state index in [0.29, 0.717) is 24.3 Å². The molecule has 0 bridgehead atoms. The molecule has 140 valence electrons.